The van der Waals surface area contributed by atoms with Crippen LogP contribution in [0.15, 0.2) is 30.3 Å². The molecule has 1 aliphatic heterocycles. The molecule has 2 heterocycles. The third-order valence-electron chi connectivity index (χ3n) is 5.06. The fourth-order valence-electron chi connectivity index (χ4n) is 3.37. The van der Waals surface area contributed by atoms with Crippen LogP contribution in [0.5, 0.6) is 0 Å². The molecule has 0 radical (unpaired) electrons. The molecular weight excluding hydrogens is 300 g/mol. The minimum absolute atomic E-state index is 0.205. The molecule has 1 amide bonds. The molecule has 5 nitrogen and oxygen atoms in total. The Morgan fingerprint density at radius 3 is 2.50 bits per heavy atom. The second-order valence-corrected chi connectivity index (χ2v) is 7.05. The van der Waals surface area contributed by atoms with Crippen molar-refractivity contribution in [2.24, 2.45) is 0 Å². The Kier molecular flexibility index (Phi) is 4.69. The van der Waals surface area contributed by atoms with Gasteiger partial charge in [0.2, 0.25) is 5.91 Å². The van der Waals surface area contributed by atoms with Gasteiger partial charge in [-0.25, -0.2) is 4.98 Å². The monoisotopic (exact) mass is 326 g/mol. The topological polar surface area (TPSA) is 61.9 Å². The van der Waals surface area contributed by atoms with Gasteiger partial charge in [0, 0.05) is 25.4 Å². The maximum atomic E-state index is 13.0. The Morgan fingerprint density at radius 1 is 1.25 bits per heavy atom. The third kappa shape index (κ3) is 3.21. The smallest absolute Gasteiger partial charge is 0.232 e. The van der Waals surface area contributed by atoms with Crippen LogP contribution in [-0.2, 0) is 16.6 Å². The summed E-state index contributed by atoms with van der Waals surface area (Å²) in [6.45, 7) is 7.64. The number of benzene rings is 1. The molecule has 0 atom stereocenters. The summed E-state index contributed by atoms with van der Waals surface area (Å²) in [5.74, 6) is 2.40. The van der Waals surface area contributed by atoms with Crippen LogP contribution < -0.4 is 0 Å². The molecule has 2 aromatic rings. The van der Waals surface area contributed by atoms with Crippen molar-refractivity contribution in [2.45, 2.75) is 51.4 Å². The molecule has 5 heteroatoms. The van der Waals surface area contributed by atoms with E-state index < -0.39 is 5.41 Å². The summed E-state index contributed by atoms with van der Waals surface area (Å²) >= 11 is 0. The number of aryl methyl sites for hydroxylation is 1. The van der Waals surface area contributed by atoms with Crippen LogP contribution in [0.1, 0.15) is 56.7 Å². The zero-order valence-corrected chi connectivity index (χ0v) is 14.7. The first-order chi connectivity index (χ1) is 11.5. The first kappa shape index (κ1) is 16.7. The predicted molar refractivity (Wildman–Crippen MR) is 93.8 cm³/mol. The van der Waals surface area contributed by atoms with E-state index in [1.165, 1.54) is 0 Å². The highest BCUT2D eigenvalue weighted by Crippen LogP contribution is 2.30. The Balaban J connectivity index is 1.64. The van der Waals surface area contributed by atoms with Gasteiger partial charge >= 0.3 is 0 Å². The van der Waals surface area contributed by atoms with Crippen molar-refractivity contribution in [2.75, 3.05) is 13.1 Å². The van der Waals surface area contributed by atoms with E-state index in [9.17, 15) is 4.79 Å². The maximum absolute atomic E-state index is 13.0. The number of hydrogen-bond donors (Lipinski definition) is 1. The lowest BCUT2D eigenvalue weighted by molar-refractivity contribution is -0.137. The Morgan fingerprint density at radius 2 is 1.92 bits per heavy atom. The van der Waals surface area contributed by atoms with Crippen molar-refractivity contribution >= 4 is 5.91 Å². The number of hydrogen-bond acceptors (Lipinski definition) is 3. The Hall–Kier alpha value is -2.17. The quantitative estimate of drug-likeness (QED) is 0.939. The number of carbonyl (C=O) groups excluding carboxylic acids is 1. The summed E-state index contributed by atoms with van der Waals surface area (Å²) in [5, 5.41) is 7.33. The van der Waals surface area contributed by atoms with Crippen molar-refractivity contribution in [1.29, 1.82) is 0 Å². The number of piperidine rings is 1. The fraction of sp³-hybridized carbons (Fsp3) is 0.526. The number of nitrogens with one attached hydrogen (secondary N) is 1. The van der Waals surface area contributed by atoms with Crippen molar-refractivity contribution in [3.63, 3.8) is 0 Å². The number of aromatic nitrogens is 3. The number of H-pyrrole nitrogens is 1. The highest BCUT2D eigenvalue weighted by atomic mass is 16.2. The van der Waals surface area contributed by atoms with Gasteiger partial charge in [-0.05, 0) is 32.3 Å². The van der Waals surface area contributed by atoms with Gasteiger partial charge in [0.1, 0.15) is 5.82 Å². The minimum Gasteiger partial charge on any atom is -0.342 e. The molecule has 1 N–H and O–H groups in total. The van der Waals surface area contributed by atoms with Crippen molar-refractivity contribution in [3.8, 4) is 0 Å². The highest BCUT2D eigenvalue weighted by molar-refractivity contribution is 5.87. The number of aromatic amines is 1. The number of carbonyl (C=O) groups is 1. The highest BCUT2D eigenvalue weighted by Gasteiger charge is 2.36. The Bertz CT molecular complexity index is 684. The van der Waals surface area contributed by atoms with Gasteiger partial charge in [-0.2, -0.15) is 5.10 Å². The molecule has 0 aliphatic carbocycles. The zero-order valence-electron chi connectivity index (χ0n) is 14.7. The van der Waals surface area contributed by atoms with Crippen LogP contribution in [0.25, 0.3) is 0 Å². The summed E-state index contributed by atoms with van der Waals surface area (Å²) < 4.78 is 0. The molecule has 1 fully saturated rings. The van der Waals surface area contributed by atoms with Crippen LogP contribution in [0.2, 0.25) is 0 Å². The van der Waals surface area contributed by atoms with Gasteiger partial charge in [-0.15, -0.1) is 0 Å². The standard InChI is InChI=1S/C19H26N4O/c1-4-16-20-17(22-21-16)14-10-12-23(13-11-14)18(24)19(2,3)15-8-6-5-7-9-15/h5-9,14H,4,10-13H2,1-3H3,(H,20,21,22). The van der Waals surface area contributed by atoms with Crippen LogP contribution in [-0.4, -0.2) is 39.1 Å². The predicted octanol–water partition coefficient (Wildman–Crippen LogP) is 3.05. The molecular formula is C19H26N4O. The molecule has 24 heavy (non-hydrogen) atoms. The Labute approximate surface area is 143 Å². The average molecular weight is 326 g/mol. The van der Waals surface area contributed by atoms with E-state index in [0.717, 1.165) is 49.6 Å². The lowest BCUT2D eigenvalue weighted by Crippen LogP contribution is -2.46. The molecule has 1 saturated heterocycles. The SMILES string of the molecule is CCc1nc(C2CCN(C(=O)C(C)(C)c3ccccc3)CC2)n[nH]1. The van der Waals surface area contributed by atoms with Crippen molar-refractivity contribution in [1.82, 2.24) is 20.1 Å². The van der Waals surface area contributed by atoms with Gasteiger partial charge < -0.3 is 4.90 Å². The van der Waals surface area contributed by atoms with Crippen molar-refractivity contribution < 1.29 is 4.79 Å². The summed E-state index contributed by atoms with van der Waals surface area (Å²) in [7, 11) is 0. The van der Waals surface area contributed by atoms with Gasteiger partial charge in [-0.3, -0.25) is 9.89 Å². The molecule has 3 rings (SSSR count). The van der Waals surface area contributed by atoms with E-state index in [4.69, 9.17) is 0 Å². The van der Waals surface area contributed by atoms with Gasteiger partial charge in [0.15, 0.2) is 5.82 Å². The second-order valence-electron chi connectivity index (χ2n) is 7.05. The molecule has 1 aromatic carbocycles. The van der Waals surface area contributed by atoms with Crippen LogP contribution in [0, 0.1) is 0 Å². The molecule has 0 spiro atoms. The van der Waals surface area contributed by atoms with E-state index >= 15 is 0 Å². The van der Waals surface area contributed by atoms with E-state index in [2.05, 4.69) is 22.1 Å². The summed E-state index contributed by atoms with van der Waals surface area (Å²) in [6.07, 6.45) is 2.73. The molecule has 1 aromatic heterocycles. The fourth-order valence-corrected chi connectivity index (χ4v) is 3.37. The minimum atomic E-state index is -0.492. The second kappa shape index (κ2) is 6.75. The summed E-state index contributed by atoms with van der Waals surface area (Å²) in [5.41, 5.74) is 0.576. The molecule has 128 valence electrons. The van der Waals surface area contributed by atoms with Crippen molar-refractivity contribution in [3.05, 3.63) is 47.5 Å². The van der Waals surface area contributed by atoms with E-state index in [-0.39, 0.29) is 5.91 Å². The van der Waals surface area contributed by atoms with E-state index in [1.54, 1.807) is 0 Å². The maximum Gasteiger partial charge on any atom is 0.232 e. The molecule has 0 unspecified atom stereocenters. The van der Waals surface area contributed by atoms with E-state index in [0.29, 0.717) is 5.92 Å². The first-order valence-electron chi connectivity index (χ1n) is 8.78. The van der Waals surface area contributed by atoms with Crippen LogP contribution in [0.3, 0.4) is 0 Å². The number of rotatable bonds is 4. The first-order valence-corrected chi connectivity index (χ1v) is 8.78. The van der Waals surface area contributed by atoms with Crippen LogP contribution in [0.4, 0.5) is 0 Å². The lowest BCUT2D eigenvalue weighted by Gasteiger charge is -2.36. The van der Waals surface area contributed by atoms with Gasteiger partial charge in [-0.1, -0.05) is 37.3 Å². The largest absolute Gasteiger partial charge is 0.342 e. The van der Waals surface area contributed by atoms with Crippen LogP contribution >= 0.6 is 0 Å². The van der Waals surface area contributed by atoms with E-state index in [1.807, 2.05) is 49.1 Å². The third-order valence-corrected chi connectivity index (χ3v) is 5.06. The number of likely N-dealkylation sites (tertiary alicyclic amines) is 1. The molecule has 0 bridgehead atoms. The average Bonchev–Trinajstić information content (AvgIpc) is 3.11. The van der Waals surface area contributed by atoms with Gasteiger partial charge in [0.25, 0.3) is 0 Å². The molecule has 0 saturated carbocycles. The summed E-state index contributed by atoms with van der Waals surface area (Å²) in [4.78, 5) is 19.5. The molecule has 1 aliphatic rings. The number of nitrogens with zero attached hydrogens (tertiary/aromatic N) is 3. The number of amides is 1. The summed E-state index contributed by atoms with van der Waals surface area (Å²) in [6, 6.07) is 10.0. The normalized spacial score (nSPS) is 16.4. The van der Waals surface area contributed by atoms with Gasteiger partial charge in [0.05, 0.1) is 5.41 Å². The zero-order chi connectivity index (χ0) is 17.2. The lowest BCUT2D eigenvalue weighted by atomic mass is 9.82.